The van der Waals surface area contributed by atoms with Gasteiger partial charge in [0.15, 0.2) is 0 Å². The lowest BCUT2D eigenvalue weighted by atomic mass is 10.2. The third kappa shape index (κ3) is 4.53. The van der Waals surface area contributed by atoms with E-state index >= 15 is 0 Å². The molecule has 0 aliphatic rings. The molecule has 0 radical (unpaired) electrons. The zero-order valence-electron chi connectivity index (χ0n) is 9.70. The Hall–Kier alpha value is -0.780. The molecule has 1 aromatic rings. The third-order valence-electron chi connectivity index (χ3n) is 2.20. The molecule has 1 amide bonds. The molecule has 0 fully saturated rings. The Labute approximate surface area is 115 Å². The summed E-state index contributed by atoms with van der Waals surface area (Å²) >= 11 is 3.34. The summed E-state index contributed by atoms with van der Waals surface area (Å²) in [5.41, 5.74) is 6.31. The van der Waals surface area contributed by atoms with Crippen LogP contribution in [0.4, 0.5) is 5.69 Å². The zero-order valence-corrected chi connectivity index (χ0v) is 12.1. The molecule has 0 heterocycles. The van der Waals surface area contributed by atoms with Crippen molar-refractivity contribution in [2.45, 2.75) is 19.4 Å². The summed E-state index contributed by atoms with van der Waals surface area (Å²) in [5.74, 6) is 0.539. The largest absolute Gasteiger partial charge is 0.496 e. The van der Waals surface area contributed by atoms with E-state index in [1.54, 1.807) is 25.3 Å². The van der Waals surface area contributed by atoms with E-state index in [0.717, 1.165) is 10.2 Å². The number of benzene rings is 1. The second-order valence-corrected chi connectivity index (χ2v) is 4.21. The molecular weight excluding hydrogens is 307 g/mol. The smallest absolute Gasteiger partial charge is 0.241 e. The highest BCUT2D eigenvalue weighted by molar-refractivity contribution is 9.10. The van der Waals surface area contributed by atoms with E-state index in [0.29, 0.717) is 12.1 Å². The number of ether oxygens (including phenoxy) is 1. The lowest BCUT2D eigenvalue weighted by molar-refractivity contribution is -0.117. The van der Waals surface area contributed by atoms with Crippen LogP contribution in [0.1, 0.15) is 13.3 Å². The van der Waals surface area contributed by atoms with Crippen LogP contribution in [0.15, 0.2) is 22.7 Å². The summed E-state index contributed by atoms with van der Waals surface area (Å²) < 4.78 is 5.88. The number of hydrogen-bond donors (Lipinski definition) is 2. The molecule has 0 saturated heterocycles. The average Bonchev–Trinajstić information content (AvgIpc) is 2.28. The molecule has 96 valence electrons. The topological polar surface area (TPSA) is 64.4 Å². The van der Waals surface area contributed by atoms with Crippen molar-refractivity contribution in [3.05, 3.63) is 22.7 Å². The number of methoxy groups -OCH3 is 1. The Kier molecular flexibility index (Phi) is 7.18. The third-order valence-corrected chi connectivity index (χ3v) is 2.82. The molecule has 1 atom stereocenters. The van der Waals surface area contributed by atoms with E-state index in [1.165, 1.54) is 0 Å². The fourth-order valence-corrected chi connectivity index (χ4v) is 1.71. The Morgan fingerprint density at radius 1 is 1.59 bits per heavy atom. The van der Waals surface area contributed by atoms with E-state index in [4.69, 9.17) is 10.5 Å². The number of anilines is 1. The van der Waals surface area contributed by atoms with Gasteiger partial charge in [-0.15, -0.1) is 12.4 Å². The SMILES string of the molecule is CC[C@H](N)C(=O)Nc1ccc(OC)c(Br)c1.Cl. The normalized spacial score (nSPS) is 11.3. The van der Waals surface area contributed by atoms with Gasteiger partial charge in [-0.3, -0.25) is 4.79 Å². The van der Waals surface area contributed by atoms with Crippen LogP contribution in [0.3, 0.4) is 0 Å². The minimum atomic E-state index is -0.471. The van der Waals surface area contributed by atoms with Crippen molar-refractivity contribution in [3.8, 4) is 5.75 Å². The van der Waals surface area contributed by atoms with Crippen LogP contribution in [-0.4, -0.2) is 19.1 Å². The van der Waals surface area contributed by atoms with Crippen LogP contribution < -0.4 is 15.8 Å². The van der Waals surface area contributed by atoms with Crippen molar-refractivity contribution in [2.24, 2.45) is 5.73 Å². The summed E-state index contributed by atoms with van der Waals surface area (Å²) in [4.78, 5) is 11.5. The van der Waals surface area contributed by atoms with Crippen LogP contribution in [-0.2, 0) is 4.79 Å². The summed E-state index contributed by atoms with van der Waals surface area (Å²) in [6.07, 6.45) is 0.614. The molecule has 0 aliphatic carbocycles. The Bertz CT molecular complexity index is 388. The molecule has 0 aliphatic heterocycles. The van der Waals surface area contributed by atoms with Crippen LogP contribution >= 0.6 is 28.3 Å². The maximum absolute atomic E-state index is 11.5. The van der Waals surface area contributed by atoms with Crippen molar-refractivity contribution in [1.29, 1.82) is 0 Å². The Morgan fingerprint density at radius 2 is 2.24 bits per heavy atom. The molecule has 0 bridgehead atoms. The van der Waals surface area contributed by atoms with Gasteiger partial charge in [-0.2, -0.15) is 0 Å². The van der Waals surface area contributed by atoms with Crippen molar-refractivity contribution < 1.29 is 9.53 Å². The van der Waals surface area contributed by atoms with Crippen molar-refractivity contribution >= 4 is 39.9 Å². The first kappa shape index (κ1) is 16.2. The molecule has 6 heteroatoms. The molecule has 0 spiro atoms. The van der Waals surface area contributed by atoms with Crippen LogP contribution in [0.25, 0.3) is 0 Å². The first-order valence-electron chi connectivity index (χ1n) is 4.98. The van der Waals surface area contributed by atoms with Crippen LogP contribution in [0.5, 0.6) is 5.75 Å². The van der Waals surface area contributed by atoms with Gasteiger partial charge in [0.1, 0.15) is 5.75 Å². The number of amides is 1. The van der Waals surface area contributed by atoms with Crippen molar-refractivity contribution in [2.75, 3.05) is 12.4 Å². The van der Waals surface area contributed by atoms with Gasteiger partial charge in [0.2, 0.25) is 5.91 Å². The number of nitrogens with two attached hydrogens (primary N) is 1. The van der Waals surface area contributed by atoms with Gasteiger partial charge in [-0.25, -0.2) is 0 Å². The molecule has 4 nitrogen and oxygen atoms in total. The van der Waals surface area contributed by atoms with Gasteiger partial charge in [0.25, 0.3) is 0 Å². The monoisotopic (exact) mass is 322 g/mol. The Morgan fingerprint density at radius 3 is 2.71 bits per heavy atom. The number of carbonyl (C=O) groups is 1. The van der Waals surface area contributed by atoms with E-state index in [-0.39, 0.29) is 18.3 Å². The summed E-state index contributed by atoms with van der Waals surface area (Å²) in [6.45, 7) is 1.87. The molecule has 17 heavy (non-hydrogen) atoms. The molecule has 0 unspecified atom stereocenters. The fraction of sp³-hybridized carbons (Fsp3) is 0.364. The van der Waals surface area contributed by atoms with Gasteiger partial charge < -0.3 is 15.8 Å². The molecule has 1 rings (SSSR count). The lowest BCUT2D eigenvalue weighted by Gasteiger charge is -2.11. The Balaban J connectivity index is 0.00000256. The zero-order chi connectivity index (χ0) is 12.1. The first-order chi connectivity index (χ1) is 7.58. The summed E-state index contributed by atoms with van der Waals surface area (Å²) in [5, 5.41) is 2.74. The highest BCUT2D eigenvalue weighted by atomic mass is 79.9. The first-order valence-corrected chi connectivity index (χ1v) is 5.77. The average molecular weight is 324 g/mol. The summed E-state index contributed by atoms with van der Waals surface area (Å²) in [7, 11) is 1.59. The van der Waals surface area contributed by atoms with Crippen LogP contribution in [0.2, 0.25) is 0 Å². The fourth-order valence-electron chi connectivity index (χ4n) is 1.16. The number of hydrogen-bond acceptors (Lipinski definition) is 3. The van der Waals surface area contributed by atoms with Gasteiger partial charge in [-0.1, -0.05) is 6.92 Å². The van der Waals surface area contributed by atoms with Crippen molar-refractivity contribution in [3.63, 3.8) is 0 Å². The highest BCUT2D eigenvalue weighted by Crippen LogP contribution is 2.27. The van der Waals surface area contributed by atoms with Gasteiger partial charge in [0, 0.05) is 5.69 Å². The van der Waals surface area contributed by atoms with E-state index in [2.05, 4.69) is 21.2 Å². The summed E-state index contributed by atoms with van der Waals surface area (Å²) in [6, 6.07) is 4.85. The van der Waals surface area contributed by atoms with Gasteiger partial charge in [-0.05, 0) is 40.5 Å². The minimum absolute atomic E-state index is 0. The quantitative estimate of drug-likeness (QED) is 0.895. The predicted molar refractivity (Wildman–Crippen MR) is 74.8 cm³/mol. The molecule has 0 aromatic heterocycles. The minimum Gasteiger partial charge on any atom is -0.496 e. The van der Waals surface area contributed by atoms with Crippen molar-refractivity contribution in [1.82, 2.24) is 0 Å². The van der Waals surface area contributed by atoms with E-state index in [1.807, 2.05) is 6.92 Å². The number of rotatable bonds is 4. The molecular formula is C11H16BrClN2O2. The van der Waals surface area contributed by atoms with Gasteiger partial charge in [0.05, 0.1) is 17.6 Å². The second-order valence-electron chi connectivity index (χ2n) is 3.35. The number of halogens is 2. The standard InChI is InChI=1S/C11H15BrN2O2.ClH/c1-3-9(13)11(15)14-7-4-5-10(16-2)8(12)6-7;/h4-6,9H,3,13H2,1-2H3,(H,14,15);1H/t9-;/m0./s1. The second kappa shape index (κ2) is 7.53. The van der Waals surface area contributed by atoms with E-state index in [9.17, 15) is 4.79 Å². The maximum Gasteiger partial charge on any atom is 0.241 e. The number of carbonyl (C=O) groups excluding carboxylic acids is 1. The van der Waals surface area contributed by atoms with Crippen LogP contribution in [0, 0.1) is 0 Å². The predicted octanol–water partition coefficient (Wildman–Crippen LogP) is 2.56. The molecule has 1 aromatic carbocycles. The lowest BCUT2D eigenvalue weighted by Crippen LogP contribution is -2.34. The van der Waals surface area contributed by atoms with Gasteiger partial charge >= 0.3 is 0 Å². The van der Waals surface area contributed by atoms with E-state index < -0.39 is 6.04 Å². The highest BCUT2D eigenvalue weighted by Gasteiger charge is 2.11. The number of nitrogens with one attached hydrogen (secondary N) is 1. The molecule has 0 saturated carbocycles. The maximum atomic E-state index is 11.5. The molecule has 3 N–H and O–H groups in total.